The van der Waals surface area contributed by atoms with Gasteiger partial charge in [-0.1, -0.05) is 47.1 Å². The molecule has 1 aliphatic rings. The molecule has 2 aromatic carbocycles. The number of rotatable bonds is 5. The molecule has 0 bridgehead atoms. The predicted octanol–water partition coefficient (Wildman–Crippen LogP) is 4.18. The van der Waals surface area contributed by atoms with Crippen LogP contribution < -0.4 is 4.74 Å². The monoisotopic (exact) mass is 397 g/mol. The van der Waals surface area contributed by atoms with Gasteiger partial charge in [0.25, 0.3) is 5.91 Å². The second-order valence-electron chi connectivity index (χ2n) is 6.74. The second-order valence-corrected chi connectivity index (χ2v) is 7.18. The summed E-state index contributed by atoms with van der Waals surface area (Å²) in [6.45, 7) is 1.26. The lowest BCUT2D eigenvalue weighted by atomic mass is 9.98. The number of likely N-dealkylation sites (tertiary alicyclic amines) is 1. The summed E-state index contributed by atoms with van der Waals surface area (Å²) >= 11 is 5.86. The van der Waals surface area contributed by atoms with E-state index < -0.39 is 0 Å². The van der Waals surface area contributed by atoms with Gasteiger partial charge in [-0.05, 0) is 37.1 Å². The molecule has 0 aliphatic carbocycles. The third-order valence-electron chi connectivity index (χ3n) is 4.77. The molecule has 28 heavy (non-hydrogen) atoms. The highest BCUT2D eigenvalue weighted by Gasteiger charge is 2.28. The van der Waals surface area contributed by atoms with E-state index in [9.17, 15) is 4.79 Å². The van der Waals surface area contributed by atoms with Gasteiger partial charge in [-0.2, -0.15) is 4.98 Å². The lowest BCUT2D eigenvalue weighted by Crippen LogP contribution is -2.41. The molecule has 7 heteroatoms. The summed E-state index contributed by atoms with van der Waals surface area (Å²) in [5.41, 5.74) is 0.914. The third kappa shape index (κ3) is 4.34. The Morgan fingerprint density at radius 3 is 2.75 bits per heavy atom. The summed E-state index contributed by atoms with van der Waals surface area (Å²) in [6, 6.07) is 16.7. The minimum atomic E-state index is -0.0533. The van der Waals surface area contributed by atoms with Crippen molar-refractivity contribution in [3.8, 4) is 17.1 Å². The largest absolute Gasteiger partial charge is 0.484 e. The lowest BCUT2D eigenvalue weighted by molar-refractivity contribution is -0.134. The third-order valence-corrected chi connectivity index (χ3v) is 5.02. The van der Waals surface area contributed by atoms with Crippen LogP contribution in [0.15, 0.2) is 59.1 Å². The van der Waals surface area contributed by atoms with Gasteiger partial charge < -0.3 is 14.2 Å². The van der Waals surface area contributed by atoms with Crippen LogP contribution in [-0.4, -0.2) is 40.6 Å². The lowest BCUT2D eigenvalue weighted by Gasteiger charge is -2.30. The molecule has 0 N–H and O–H groups in total. The normalized spacial score (nSPS) is 16.8. The number of nitrogens with zero attached hydrogens (tertiary/aromatic N) is 3. The molecule has 0 spiro atoms. The number of hydrogen-bond acceptors (Lipinski definition) is 5. The molecular weight excluding hydrogens is 378 g/mol. The first-order chi connectivity index (χ1) is 13.7. The Morgan fingerprint density at radius 2 is 1.96 bits per heavy atom. The van der Waals surface area contributed by atoms with Crippen LogP contribution in [0.3, 0.4) is 0 Å². The summed E-state index contributed by atoms with van der Waals surface area (Å²) in [7, 11) is 0. The van der Waals surface area contributed by atoms with Crippen molar-refractivity contribution in [3.05, 3.63) is 65.5 Å². The molecule has 0 unspecified atom stereocenters. The number of piperidine rings is 1. The van der Waals surface area contributed by atoms with Crippen molar-refractivity contribution >= 4 is 17.5 Å². The van der Waals surface area contributed by atoms with E-state index >= 15 is 0 Å². The van der Waals surface area contributed by atoms with E-state index in [0.717, 1.165) is 18.4 Å². The second kappa shape index (κ2) is 8.44. The average molecular weight is 398 g/mol. The topological polar surface area (TPSA) is 68.5 Å². The quantitative estimate of drug-likeness (QED) is 0.646. The molecule has 3 aromatic rings. The van der Waals surface area contributed by atoms with Crippen molar-refractivity contribution in [2.45, 2.75) is 18.8 Å². The van der Waals surface area contributed by atoms with Gasteiger partial charge >= 0.3 is 0 Å². The standard InChI is InChI=1S/C21H20ClN3O3/c22-17-8-10-18(11-9-17)27-14-19(26)25-12-4-7-16(13-25)21-23-20(24-28-21)15-5-2-1-3-6-15/h1-3,5-6,8-11,16H,4,7,12-14H2/t16-/m0/s1. The summed E-state index contributed by atoms with van der Waals surface area (Å²) < 4.78 is 11.1. The molecular formula is C21H20ClN3O3. The van der Waals surface area contributed by atoms with Gasteiger partial charge in [0.05, 0.1) is 5.92 Å². The fourth-order valence-corrected chi connectivity index (χ4v) is 3.40. The smallest absolute Gasteiger partial charge is 0.260 e. The zero-order chi connectivity index (χ0) is 19.3. The van der Waals surface area contributed by atoms with Crippen LogP contribution in [0, 0.1) is 0 Å². The number of hydrogen-bond donors (Lipinski definition) is 0. The van der Waals surface area contributed by atoms with Gasteiger partial charge in [-0.15, -0.1) is 0 Å². The molecule has 1 fully saturated rings. The maximum absolute atomic E-state index is 12.6. The summed E-state index contributed by atoms with van der Waals surface area (Å²) in [5, 5.41) is 4.72. The SMILES string of the molecule is O=C(COc1ccc(Cl)cc1)N1CCC[C@H](c2nc(-c3ccccc3)no2)C1. The van der Waals surface area contributed by atoms with Crippen molar-refractivity contribution in [2.75, 3.05) is 19.7 Å². The zero-order valence-corrected chi connectivity index (χ0v) is 16.0. The van der Waals surface area contributed by atoms with E-state index in [1.54, 1.807) is 29.2 Å². The summed E-state index contributed by atoms with van der Waals surface area (Å²) in [6.07, 6.45) is 1.80. The Labute approximate surface area is 168 Å². The van der Waals surface area contributed by atoms with Crippen molar-refractivity contribution < 1.29 is 14.1 Å². The summed E-state index contributed by atoms with van der Waals surface area (Å²) in [4.78, 5) is 18.9. The minimum Gasteiger partial charge on any atom is -0.484 e. The van der Waals surface area contributed by atoms with Crippen LogP contribution in [0.2, 0.25) is 5.02 Å². The maximum Gasteiger partial charge on any atom is 0.260 e. The minimum absolute atomic E-state index is 0.00650. The van der Waals surface area contributed by atoms with Gasteiger partial charge in [0, 0.05) is 23.7 Å². The molecule has 2 heterocycles. The predicted molar refractivity (Wildman–Crippen MR) is 105 cm³/mol. The molecule has 1 saturated heterocycles. The van der Waals surface area contributed by atoms with Crippen molar-refractivity contribution in [3.63, 3.8) is 0 Å². The molecule has 0 radical (unpaired) electrons. The van der Waals surface area contributed by atoms with E-state index in [0.29, 0.717) is 35.6 Å². The highest BCUT2D eigenvalue weighted by Crippen LogP contribution is 2.27. The number of carbonyl (C=O) groups excluding carboxylic acids is 1. The fourth-order valence-electron chi connectivity index (χ4n) is 3.28. The Hall–Kier alpha value is -2.86. The molecule has 4 rings (SSSR count). The van der Waals surface area contributed by atoms with Crippen LogP contribution in [0.25, 0.3) is 11.4 Å². The Morgan fingerprint density at radius 1 is 1.18 bits per heavy atom. The van der Waals surface area contributed by atoms with E-state index in [1.165, 1.54) is 0 Å². The van der Waals surface area contributed by atoms with Gasteiger partial charge in [0.1, 0.15) is 5.75 Å². The molecule has 1 amide bonds. The highest BCUT2D eigenvalue weighted by molar-refractivity contribution is 6.30. The highest BCUT2D eigenvalue weighted by atomic mass is 35.5. The Kier molecular flexibility index (Phi) is 5.58. The molecule has 6 nitrogen and oxygen atoms in total. The van der Waals surface area contributed by atoms with Crippen LogP contribution in [-0.2, 0) is 4.79 Å². The average Bonchev–Trinajstić information content (AvgIpc) is 3.24. The number of benzene rings is 2. The van der Waals surface area contributed by atoms with E-state index in [2.05, 4.69) is 10.1 Å². The maximum atomic E-state index is 12.6. The first kappa shape index (κ1) is 18.5. The van der Waals surface area contributed by atoms with Crippen LogP contribution in [0.5, 0.6) is 5.75 Å². The molecule has 1 atom stereocenters. The number of halogens is 1. The van der Waals surface area contributed by atoms with Crippen molar-refractivity contribution in [1.29, 1.82) is 0 Å². The molecule has 0 saturated carbocycles. The fraction of sp³-hybridized carbons (Fsp3) is 0.286. The molecule has 1 aromatic heterocycles. The van der Waals surface area contributed by atoms with E-state index in [1.807, 2.05) is 30.3 Å². The number of aromatic nitrogens is 2. The van der Waals surface area contributed by atoms with Gasteiger partial charge in [-0.3, -0.25) is 4.79 Å². The zero-order valence-electron chi connectivity index (χ0n) is 15.3. The van der Waals surface area contributed by atoms with E-state index in [4.69, 9.17) is 20.9 Å². The molecule has 144 valence electrons. The van der Waals surface area contributed by atoms with Gasteiger partial charge in [0.15, 0.2) is 6.61 Å². The first-order valence-corrected chi connectivity index (χ1v) is 9.62. The Bertz CT molecular complexity index is 928. The Balaban J connectivity index is 1.37. The first-order valence-electron chi connectivity index (χ1n) is 9.24. The number of carbonyl (C=O) groups is 1. The van der Waals surface area contributed by atoms with Crippen LogP contribution >= 0.6 is 11.6 Å². The van der Waals surface area contributed by atoms with Crippen molar-refractivity contribution in [1.82, 2.24) is 15.0 Å². The van der Waals surface area contributed by atoms with Gasteiger partial charge in [-0.25, -0.2) is 0 Å². The van der Waals surface area contributed by atoms with Crippen molar-refractivity contribution in [2.24, 2.45) is 0 Å². The van der Waals surface area contributed by atoms with Crippen LogP contribution in [0.1, 0.15) is 24.7 Å². The van der Waals surface area contributed by atoms with E-state index in [-0.39, 0.29) is 18.4 Å². The van der Waals surface area contributed by atoms with Gasteiger partial charge in [0.2, 0.25) is 11.7 Å². The number of amides is 1. The number of ether oxygens (including phenoxy) is 1. The molecule has 1 aliphatic heterocycles. The van der Waals surface area contributed by atoms with Crippen LogP contribution in [0.4, 0.5) is 0 Å². The summed E-state index contributed by atoms with van der Waals surface area (Å²) in [5.74, 6) is 1.76.